The van der Waals surface area contributed by atoms with Gasteiger partial charge in [-0.25, -0.2) is 0 Å². The molecular formula is C29H33N3O4. The molecular weight excluding hydrogens is 454 g/mol. The van der Waals surface area contributed by atoms with Crippen molar-refractivity contribution in [3.8, 4) is 11.5 Å². The maximum atomic E-state index is 13.8. The highest BCUT2D eigenvalue weighted by molar-refractivity contribution is 6.04. The van der Waals surface area contributed by atoms with Gasteiger partial charge in [0.05, 0.1) is 14.2 Å². The lowest BCUT2D eigenvalue weighted by molar-refractivity contribution is 0.0606. The molecule has 4 rings (SSSR count). The smallest absolute Gasteiger partial charge is 0.255 e. The highest BCUT2D eigenvalue weighted by Gasteiger charge is 2.29. The van der Waals surface area contributed by atoms with Crippen LogP contribution in [0.3, 0.4) is 0 Å². The normalized spacial score (nSPS) is 17.2. The van der Waals surface area contributed by atoms with E-state index < -0.39 is 0 Å². The minimum Gasteiger partial charge on any atom is -0.493 e. The van der Waals surface area contributed by atoms with Crippen LogP contribution >= 0.6 is 0 Å². The molecule has 188 valence electrons. The van der Waals surface area contributed by atoms with Gasteiger partial charge in [-0.2, -0.15) is 0 Å². The molecule has 0 saturated heterocycles. The minimum absolute atomic E-state index is 0.0739. The van der Waals surface area contributed by atoms with E-state index >= 15 is 0 Å². The standard InChI is InChI=1S/C29H33N3O4/c1-35-26-16-11-22(18-27(26)36-2)29(34)32(25-14-12-23(30)13-15-25)19-20-7-6-10-24(17-20)31-28(33)21-8-4-3-5-9-21/h3-11,16-18,23,25H,12-15,19,30H2,1-2H3,(H,31,33). The summed E-state index contributed by atoms with van der Waals surface area (Å²) in [4.78, 5) is 28.3. The first-order valence-corrected chi connectivity index (χ1v) is 12.2. The number of nitrogens with zero attached hydrogens (tertiary/aromatic N) is 1. The van der Waals surface area contributed by atoms with Crippen LogP contribution < -0.4 is 20.5 Å². The van der Waals surface area contributed by atoms with Crippen molar-refractivity contribution >= 4 is 17.5 Å². The van der Waals surface area contributed by atoms with E-state index in [1.165, 1.54) is 0 Å². The highest BCUT2D eigenvalue weighted by Crippen LogP contribution is 2.30. The van der Waals surface area contributed by atoms with E-state index in [9.17, 15) is 9.59 Å². The van der Waals surface area contributed by atoms with Gasteiger partial charge < -0.3 is 25.4 Å². The minimum atomic E-state index is -0.174. The summed E-state index contributed by atoms with van der Waals surface area (Å²) >= 11 is 0. The molecule has 3 aromatic rings. The number of ether oxygens (including phenoxy) is 2. The van der Waals surface area contributed by atoms with Gasteiger partial charge in [-0.3, -0.25) is 9.59 Å². The predicted octanol–water partition coefficient (Wildman–Crippen LogP) is 4.87. The van der Waals surface area contributed by atoms with Crippen LogP contribution in [0.15, 0.2) is 72.8 Å². The fourth-order valence-corrected chi connectivity index (χ4v) is 4.65. The fraction of sp³-hybridized carbons (Fsp3) is 0.310. The van der Waals surface area contributed by atoms with Crippen molar-refractivity contribution < 1.29 is 19.1 Å². The number of hydrogen-bond acceptors (Lipinski definition) is 5. The molecule has 3 aromatic carbocycles. The summed E-state index contributed by atoms with van der Waals surface area (Å²) in [5, 5.41) is 2.96. The Kier molecular flexibility index (Phi) is 8.23. The fourth-order valence-electron chi connectivity index (χ4n) is 4.65. The number of nitrogens with two attached hydrogens (primary N) is 1. The summed E-state index contributed by atoms with van der Waals surface area (Å²) in [5.74, 6) is 0.841. The van der Waals surface area contributed by atoms with Crippen molar-refractivity contribution in [1.82, 2.24) is 4.90 Å². The number of methoxy groups -OCH3 is 2. The number of rotatable bonds is 8. The highest BCUT2D eigenvalue weighted by atomic mass is 16.5. The summed E-state index contributed by atoms with van der Waals surface area (Å²) in [7, 11) is 3.13. The lowest BCUT2D eigenvalue weighted by atomic mass is 9.90. The molecule has 1 fully saturated rings. The zero-order chi connectivity index (χ0) is 25.5. The van der Waals surface area contributed by atoms with Crippen molar-refractivity contribution in [2.75, 3.05) is 19.5 Å². The molecule has 0 bridgehead atoms. The average Bonchev–Trinajstić information content (AvgIpc) is 2.92. The summed E-state index contributed by atoms with van der Waals surface area (Å²) in [6, 6.07) is 22.2. The van der Waals surface area contributed by atoms with Crippen molar-refractivity contribution in [2.45, 2.75) is 44.3 Å². The molecule has 1 aliphatic carbocycles. The zero-order valence-electron chi connectivity index (χ0n) is 20.8. The molecule has 0 aliphatic heterocycles. The molecule has 3 N–H and O–H groups in total. The lowest BCUT2D eigenvalue weighted by Gasteiger charge is -2.36. The van der Waals surface area contributed by atoms with Gasteiger partial charge in [-0.05, 0) is 73.7 Å². The van der Waals surface area contributed by atoms with Crippen LogP contribution in [0.5, 0.6) is 11.5 Å². The average molecular weight is 488 g/mol. The van der Waals surface area contributed by atoms with Gasteiger partial charge in [0.15, 0.2) is 11.5 Å². The van der Waals surface area contributed by atoms with Crippen LogP contribution in [0, 0.1) is 0 Å². The maximum absolute atomic E-state index is 13.8. The van der Waals surface area contributed by atoms with E-state index in [1.807, 2.05) is 47.4 Å². The van der Waals surface area contributed by atoms with Gasteiger partial charge >= 0.3 is 0 Å². The first-order valence-electron chi connectivity index (χ1n) is 12.2. The Bertz CT molecular complexity index is 1190. The van der Waals surface area contributed by atoms with Crippen LogP contribution in [0.4, 0.5) is 5.69 Å². The van der Waals surface area contributed by atoms with Crippen LogP contribution in [0.25, 0.3) is 0 Å². The second-order valence-corrected chi connectivity index (χ2v) is 9.09. The van der Waals surface area contributed by atoms with Crippen molar-refractivity contribution in [3.05, 3.63) is 89.5 Å². The van der Waals surface area contributed by atoms with Gasteiger partial charge in [0, 0.05) is 35.4 Å². The van der Waals surface area contributed by atoms with E-state index in [2.05, 4.69) is 5.32 Å². The van der Waals surface area contributed by atoms with Gasteiger partial charge in [-0.1, -0.05) is 30.3 Å². The number of hydrogen-bond donors (Lipinski definition) is 2. The van der Waals surface area contributed by atoms with Gasteiger partial charge in [-0.15, -0.1) is 0 Å². The van der Waals surface area contributed by atoms with E-state index in [4.69, 9.17) is 15.2 Å². The molecule has 0 atom stereocenters. The number of benzene rings is 3. The molecule has 0 radical (unpaired) electrons. The molecule has 7 nitrogen and oxygen atoms in total. The Morgan fingerprint density at radius 3 is 2.28 bits per heavy atom. The summed E-state index contributed by atoms with van der Waals surface area (Å²) < 4.78 is 10.8. The van der Waals surface area contributed by atoms with Gasteiger partial charge in [0.25, 0.3) is 11.8 Å². The van der Waals surface area contributed by atoms with Crippen molar-refractivity contribution in [2.24, 2.45) is 5.73 Å². The number of carbonyl (C=O) groups is 2. The molecule has 0 unspecified atom stereocenters. The summed E-state index contributed by atoms with van der Waals surface area (Å²) in [6.07, 6.45) is 3.47. The number of amides is 2. The molecule has 2 amide bonds. The first kappa shape index (κ1) is 25.3. The Balaban J connectivity index is 1.57. The SMILES string of the molecule is COc1ccc(C(=O)N(Cc2cccc(NC(=O)c3ccccc3)c2)C2CCC(N)CC2)cc1OC. The quantitative estimate of drug-likeness (QED) is 0.473. The van der Waals surface area contributed by atoms with Crippen LogP contribution in [-0.2, 0) is 6.54 Å². The molecule has 1 saturated carbocycles. The molecule has 0 aromatic heterocycles. The number of anilines is 1. The second kappa shape index (κ2) is 11.7. The number of nitrogens with one attached hydrogen (secondary N) is 1. The topological polar surface area (TPSA) is 93.9 Å². The molecule has 7 heteroatoms. The monoisotopic (exact) mass is 487 g/mol. The Labute approximate surface area is 212 Å². The molecule has 1 aliphatic rings. The zero-order valence-corrected chi connectivity index (χ0v) is 20.8. The first-order chi connectivity index (χ1) is 17.5. The third kappa shape index (κ3) is 6.04. The largest absolute Gasteiger partial charge is 0.493 e. The third-order valence-corrected chi connectivity index (χ3v) is 6.65. The van der Waals surface area contributed by atoms with Crippen molar-refractivity contribution in [1.29, 1.82) is 0 Å². The summed E-state index contributed by atoms with van der Waals surface area (Å²) in [6.45, 7) is 0.419. The van der Waals surface area contributed by atoms with E-state index in [0.717, 1.165) is 31.2 Å². The van der Waals surface area contributed by atoms with Crippen molar-refractivity contribution in [3.63, 3.8) is 0 Å². The Morgan fingerprint density at radius 1 is 0.861 bits per heavy atom. The van der Waals surface area contributed by atoms with Crippen LogP contribution in [0.1, 0.15) is 52.0 Å². The van der Waals surface area contributed by atoms with Gasteiger partial charge in [0.1, 0.15) is 0 Å². The van der Waals surface area contributed by atoms with Crippen LogP contribution in [-0.4, -0.2) is 43.0 Å². The summed E-state index contributed by atoms with van der Waals surface area (Å²) in [5.41, 5.74) is 8.89. The lowest BCUT2D eigenvalue weighted by Crippen LogP contribution is -2.43. The third-order valence-electron chi connectivity index (χ3n) is 6.65. The Morgan fingerprint density at radius 2 is 1.58 bits per heavy atom. The molecule has 0 heterocycles. The van der Waals surface area contributed by atoms with E-state index in [-0.39, 0.29) is 23.9 Å². The van der Waals surface area contributed by atoms with E-state index in [0.29, 0.717) is 34.9 Å². The number of carbonyl (C=O) groups excluding carboxylic acids is 2. The molecule has 0 spiro atoms. The Hall–Kier alpha value is -3.84. The van der Waals surface area contributed by atoms with Gasteiger partial charge in [0.2, 0.25) is 0 Å². The predicted molar refractivity (Wildman–Crippen MR) is 140 cm³/mol. The molecule has 36 heavy (non-hydrogen) atoms. The second-order valence-electron chi connectivity index (χ2n) is 9.09. The van der Waals surface area contributed by atoms with E-state index in [1.54, 1.807) is 44.6 Å². The maximum Gasteiger partial charge on any atom is 0.255 e. The van der Waals surface area contributed by atoms with Crippen LogP contribution in [0.2, 0.25) is 0 Å².